The fraction of sp³-hybridized carbons (Fsp3) is 0.533. The van der Waals surface area contributed by atoms with E-state index in [9.17, 15) is 17.6 Å². The Balaban J connectivity index is 2.24. The second kappa shape index (κ2) is 6.86. The van der Waals surface area contributed by atoms with Crippen molar-refractivity contribution in [2.45, 2.75) is 31.7 Å². The molecule has 1 fully saturated rings. The predicted octanol–water partition coefficient (Wildman–Crippen LogP) is 2.39. The van der Waals surface area contributed by atoms with Crippen LogP contribution in [0.1, 0.15) is 24.8 Å². The van der Waals surface area contributed by atoms with E-state index in [1.165, 1.54) is 13.2 Å². The maximum Gasteiger partial charge on any atom is 0.312 e. The summed E-state index contributed by atoms with van der Waals surface area (Å²) in [4.78, 5) is 12.3. The fourth-order valence-electron chi connectivity index (χ4n) is 3.20. The minimum Gasteiger partial charge on any atom is -0.469 e. The van der Waals surface area contributed by atoms with Crippen molar-refractivity contribution in [2.24, 2.45) is 5.41 Å². The van der Waals surface area contributed by atoms with Crippen LogP contribution in [-0.4, -0.2) is 33.8 Å². The second-order valence-electron chi connectivity index (χ2n) is 6.03. The first-order valence-corrected chi connectivity index (χ1v) is 9.83. The second-order valence-corrected chi connectivity index (χ2v) is 8.66. The van der Waals surface area contributed by atoms with Crippen LogP contribution in [-0.2, 0) is 26.0 Å². The molecule has 0 radical (unpaired) electrons. The van der Waals surface area contributed by atoms with E-state index in [2.05, 4.69) is 20.7 Å². The zero-order chi connectivity index (χ0) is 17.3. The highest BCUT2D eigenvalue weighted by atomic mass is 79.9. The van der Waals surface area contributed by atoms with E-state index >= 15 is 0 Å². The number of nitrogens with one attached hydrogen (secondary N) is 1. The van der Waals surface area contributed by atoms with Gasteiger partial charge in [0.25, 0.3) is 0 Å². The van der Waals surface area contributed by atoms with Gasteiger partial charge in [-0.3, -0.25) is 4.79 Å². The normalized spacial score (nSPS) is 24.6. The van der Waals surface area contributed by atoms with Crippen molar-refractivity contribution in [2.75, 3.05) is 13.4 Å². The Kier molecular flexibility index (Phi) is 5.48. The lowest BCUT2D eigenvalue weighted by Crippen LogP contribution is -2.37. The monoisotopic (exact) mass is 407 g/mol. The average molecular weight is 408 g/mol. The van der Waals surface area contributed by atoms with Crippen molar-refractivity contribution in [3.05, 3.63) is 34.1 Å². The van der Waals surface area contributed by atoms with Crippen molar-refractivity contribution in [1.82, 2.24) is 4.72 Å². The summed E-state index contributed by atoms with van der Waals surface area (Å²) in [5.41, 5.74) is -0.00217. The van der Waals surface area contributed by atoms with E-state index in [1.807, 2.05) is 0 Å². The van der Waals surface area contributed by atoms with Crippen molar-refractivity contribution in [3.8, 4) is 0 Å². The minimum atomic E-state index is -3.33. The maximum absolute atomic E-state index is 13.4. The third-order valence-corrected chi connectivity index (χ3v) is 5.50. The third-order valence-electron chi connectivity index (χ3n) is 4.13. The number of esters is 1. The molecule has 2 atom stereocenters. The summed E-state index contributed by atoms with van der Waals surface area (Å²) in [6.45, 7) is 0. The first kappa shape index (κ1) is 18.4. The Morgan fingerprint density at radius 3 is 2.78 bits per heavy atom. The van der Waals surface area contributed by atoms with Crippen molar-refractivity contribution in [3.63, 3.8) is 0 Å². The molecule has 5 nitrogen and oxygen atoms in total. The molecular weight excluding hydrogens is 389 g/mol. The molecule has 8 heteroatoms. The minimum absolute atomic E-state index is 0.298. The largest absolute Gasteiger partial charge is 0.469 e. The summed E-state index contributed by atoms with van der Waals surface area (Å²) in [5, 5.41) is 0. The predicted molar refractivity (Wildman–Crippen MR) is 87.9 cm³/mol. The molecular formula is C15H19BrFNO4S. The van der Waals surface area contributed by atoms with Gasteiger partial charge >= 0.3 is 5.97 Å². The van der Waals surface area contributed by atoms with Gasteiger partial charge in [-0.15, -0.1) is 0 Å². The van der Waals surface area contributed by atoms with Gasteiger partial charge < -0.3 is 4.74 Å². The molecule has 0 amide bonds. The number of methoxy groups -OCH3 is 1. The van der Waals surface area contributed by atoms with Gasteiger partial charge in [-0.05, 0) is 59.3 Å². The molecule has 0 aliphatic heterocycles. The standard InChI is InChI=1S/C15H19BrFNO4S/c1-22-14(19)15(6-5-11(9-15)18-23(2,20)21)8-10-3-4-13(17)12(16)7-10/h3-4,7,11,18H,5-6,8-9H2,1-2H3/t11-,15+/m0/s1. The van der Waals surface area contributed by atoms with E-state index in [0.717, 1.165) is 11.8 Å². The molecule has 0 heterocycles. The van der Waals surface area contributed by atoms with Crippen LogP contribution in [0.2, 0.25) is 0 Å². The number of hydrogen-bond acceptors (Lipinski definition) is 4. The van der Waals surface area contributed by atoms with Crippen LogP contribution in [0.15, 0.2) is 22.7 Å². The van der Waals surface area contributed by atoms with E-state index in [-0.39, 0.29) is 17.8 Å². The van der Waals surface area contributed by atoms with Gasteiger partial charge in [0, 0.05) is 6.04 Å². The summed E-state index contributed by atoms with van der Waals surface area (Å²) in [7, 11) is -2.01. The highest BCUT2D eigenvalue weighted by Crippen LogP contribution is 2.42. The van der Waals surface area contributed by atoms with E-state index in [0.29, 0.717) is 30.2 Å². The van der Waals surface area contributed by atoms with Crippen LogP contribution >= 0.6 is 15.9 Å². The van der Waals surface area contributed by atoms with Crippen molar-refractivity contribution >= 4 is 31.9 Å². The molecule has 2 rings (SSSR count). The first-order chi connectivity index (χ1) is 10.6. The van der Waals surface area contributed by atoms with Gasteiger partial charge in [-0.25, -0.2) is 17.5 Å². The van der Waals surface area contributed by atoms with Gasteiger partial charge in [0.05, 0.1) is 23.3 Å². The Hall–Kier alpha value is -0.990. The molecule has 1 aromatic carbocycles. The van der Waals surface area contributed by atoms with E-state index in [4.69, 9.17) is 4.74 Å². The molecule has 0 aromatic heterocycles. The molecule has 0 saturated heterocycles. The molecule has 0 spiro atoms. The highest BCUT2D eigenvalue weighted by Gasteiger charge is 2.46. The van der Waals surface area contributed by atoms with Crippen LogP contribution in [0.4, 0.5) is 4.39 Å². The summed E-state index contributed by atoms with van der Waals surface area (Å²) >= 11 is 3.14. The summed E-state index contributed by atoms with van der Waals surface area (Å²) < 4.78 is 44.0. The van der Waals surface area contributed by atoms with Crippen LogP contribution in [0, 0.1) is 11.2 Å². The Morgan fingerprint density at radius 1 is 1.52 bits per heavy atom. The number of benzene rings is 1. The topological polar surface area (TPSA) is 72.5 Å². The van der Waals surface area contributed by atoms with Crippen LogP contribution in [0.3, 0.4) is 0 Å². The summed E-state index contributed by atoms with van der Waals surface area (Å²) in [5.74, 6) is -0.736. The quantitative estimate of drug-likeness (QED) is 0.760. The van der Waals surface area contributed by atoms with E-state index in [1.54, 1.807) is 12.1 Å². The van der Waals surface area contributed by atoms with Crippen LogP contribution in [0.25, 0.3) is 0 Å². The van der Waals surface area contributed by atoms with E-state index < -0.39 is 15.4 Å². The van der Waals surface area contributed by atoms with Gasteiger partial charge in [-0.2, -0.15) is 0 Å². The molecule has 1 aromatic rings. The zero-order valence-electron chi connectivity index (χ0n) is 12.9. The zero-order valence-corrected chi connectivity index (χ0v) is 15.3. The van der Waals surface area contributed by atoms with Crippen molar-refractivity contribution in [1.29, 1.82) is 0 Å². The Bertz CT molecular complexity index is 709. The molecule has 128 valence electrons. The van der Waals surface area contributed by atoms with Crippen LogP contribution in [0.5, 0.6) is 0 Å². The fourth-order valence-corrected chi connectivity index (χ4v) is 4.44. The lowest BCUT2D eigenvalue weighted by molar-refractivity contribution is -0.152. The Labute approximate surface area is 143 Å². The number of ether oxygens (including phenoxy) is 1. The number of rotatable bonds is 5. The van der Waals surface area contributed by atoms with Crippen LogP contribution < -0.4 is 4.72 Å². The number of hydrogen-bond donors (Lipinski definition) is 1. The lowest BCUT2D eigenvalue weighted by atomic mass is 9.80. The van der Waals surface area contributed by atoms with Gasteiger partial charge in [0.2, 0.25) is 10.0 Å². The molecule has 23 heavy (non-hydrogen) atoms. The highest BCUT2D eigenvalue weighted by molar-refractivity contribution is 9.10. The van der Waals surface area contributed by atoms with Gasteiger partial charge in [0.15, 0.2) is 0 Å². The lowest BCUT2D eigenvalue weighted by Gasteiger charge is -2.26. The number of carbonyl (C=O) groups excluding carboxylic acids is 1. The molecule has 1 aliphatic rings. The number of carbonyl (C=O) groups is 1. The number of sulfonamides is 1. The third kappa shape index (κ3) is 4.51. The smallest absolute Gasteiger partial charge is 0.312 e. The first-order valence-electron chi connectivity index (χ1n) is 7.15. The van der Waals surface area contributed by atoms with Crippen molar-refractivity contribution < 1.29 is 22.3 Å². The Morgan fingerprint density at radius 2 is 2.22 bits per heavy atom. The average Bonchev–Trinajstić information content (AvgIpc) is 2.84. The molecule has 1 aliphatic carbocycles. The van der Waals surface area contributed by atoms with Gasteiger partial charge in [-0.1, -0.05) is 6.07 Å². The molecule has 1 saturated carbocycles. The SMILES string of the molecule is COC(=O)[C@@]1(Cc2ccc(F)c(Br)c2)CC[C@H](NS(C)(=O)=O)C1. The molecule has 0 bridgehead atoms. The number of halogens is 2. The summed E-state index contributed by atoms with van der Waals surface area (Å²) in [6, 6.07) is 4.30. The maximum atomic E-state index is 13.4. The van der Waals surface area contributed by atoms with Gasteiger partial charge in [0.1, 0.15) is 5.82 Å². The molecule has 1 N–H and O–H groups in total. The summed E-state index contributed by atoms with van der Waals surface area (Å²) in [6.07, 6.45) is 2.91. The molecule has 0 unspecified atom stereocenters.